The first-order chi connectivity index (χ1) is 13.9. The van der Waals surface area contributed by atoms with Crippen molar-refractivity contribution in [3.63, 3.8) is 0 Å². The molecule has 3 rings (SSSR count). The number of likely N-dealkylation sites (tertiary alicyclic amines) is 1. The summed E-state index contributed by atoms with van der Waals surface area (Å²) >= 11 is 0. The van der Waals surface area contributed by atoms with Gasteiger partial charge in [0, 0.05) is 37.8 Å². The van der Waals surface area contributed by atoms with E-state index in [0.29, 0.717) is 5.56 Å². The number of nitrogens with zero attached hydrogens (tertiary/aromatic N) is 2. The second-order valence-corrected chi connectivity index (χ2v) is 9.60. The highest BCUT2D eigenvalue weighted by Gasteiger charge is 2.30. The van der Waals surface area contributed by atoms with Crippen LogP contribution < -0.4 is 10.6 Å². The number of amides is 2. The van der Waals surface area contributed by atoms with Crippen LogP contribution in [-0.2, 0) is 14.8 Å². The van der Waals surface area contributed by atoms with Gasteiger partial charge in [0.05, 0.1) is 11.4 Å². The van der Waals surface area contributed by atoms with Crippen LogP contribution >= 0.6 is 0 Å². The van der Waals surface area contributed by atoms with Crippen LogP contribution in [-0.4, -0.2) is 74.7 Å². The third-order valence-electron chi connectivity index (χ3n) is 5.49. The molecule has 0 unspecified atom stereocenters. The molecule has 1 aromatic rings. The van der Waals surface area contributed by atoms with E-state index >= 15 is 0 Å². The average molecular weight is 423 g/mol. The van der Waals surface area contributed by atoms with Crippen LogP contribution in [0.15, 0.2) is 29.2 Å². The van der Waals surface area contributed by atoms with Gasteiger partial charge in [-0.25, -0.2) is 8.42 Å². The molecule has 29 heavy (non-hydrogen) atoms. The lowest BCUT2D eigenvalue weighted by Crippen LogP contribution is -2.49. The maximum atomic E-state index is 12.8. The molecule has 0 aliphatic carbocycles. The summed E-state index contributed by atoms with van der Waals surface area (Å²) < 4.78 is 26.8. The third kappa shape index (κ3) is 5.55. The lowest BCUT2D eigenvalue weighted by molar-refractivity contribution is -0.122. The molecule has 2 saturated heterocycles. The number of unbranched alkanes of at least 4 members (excludes halogenated alkanes) is 1. The van der Waals surface area contributed by atoms with E-state index in [1.807, 2.05) is 0 Å². The standard InChI is InChI=1S/C20H30N4O4S/c1-2-3-10-23-11-7-17(8-12-23)22-20(26)16-5-4-6-18(14-16)29(27,28)24-13-9-21-19(25)15-24/h4-6,14,17H,2-3,7-13,15H2,1H3,(H,21,25)(H,22,26). The van der Waals surface area contributed by atoms with Crippen molar-refractivity contribution in [1.29, 1.82) is 0 Å². The number of piperazine rings is 1. The van der Waals surface area contributed by atoms with Gasteiger partial charge >= 0.3 is 0 Å². The fourth-order valence-corrected chi connectivity index (χ4v) is 5.16. The maximum absolute atomic E-state index is 12.8. The molecule has 160 valence electrons. The summed E-state index contributed by atoms with van der Waals surface area (Å²) in [6.07, 6.45) is 4.17. The smallest absolute Gasteiger partial charge is 0.251 e. The van der Waals surface area contributed by atoms with E-state index in [1.54, 1.807) is 12.1 Å². The Kier molecular flexibility index (Phi) is 7.26. The number of hydrogen-bond acceptors (Lipinski definition) is 5. The number of carbonyl (C=O) groups is 2. The molecule has 0 spiro atoms. The Morgan fingerprint density at radius 3 is 2.69 bits per heavy atom. The molecule has 2 aliphatic rings. The van der Waals surface area contributed by atoms with Crippen molar-refractivity contribution in [3.05, 3.63) is 29.8 Å². The van der Waals surface area contributed by atoms with E-state index in [0.717, 1.165) is 36.8 Å². The van der Waals surface area contributed by atoms with E-state index < -0.39 is 10.0 Å². The number of piperidine rings is 1. The van der Waals surface area contributed by atoms with Gasteiger partial charge in [0.15, 0.2) is 0 Å². The predicted molar refractivity (Wildman–Crippen MR) is 110 cm³/mol. The molecule has 9 heteroatoms. The maximum Gasteiger partial charge on any atom is 0.251 e. The molecule has 0 bridgehead atoms. The van der Waals surface area contributed by atoms with E-state index in [4.69, 9.17) is 0 Å². The van der Waals surface area contributed by atoms with Gasteiger partial charge in [0.2, 0.25) is 15.9 Å². The molecule has 0 saturated carbocycles. The first-order valence-corrected chi connectivity index (χ1v) is 11.7. The summed E-state index contributed by atoms with van der Waals surface area (Å²) in [5, 5.41) is 5.65. The topological polar surface area (TPSA) is 98.8 Å². The van der Waals surface area contributed by atoms with Crippen molar-refractivity contribution in [2.75, 3.05) is 39.3 Å². The summed E-state index contributed by atoms with van der Waals surface area (Å²) in [5.74, 6) is -0.579. The van der Waals surface area contributed by atoms with Crippen LogP contribution in [0.1, 0.15) is 43.0 Å². The largest absolute Gasteiger partial charge is 0.354 e. The second-order valence-electron chi connectivity index (χ2n) is 7.66. The van der Waals surface area contributed by atoms with Crippen molar-refractivity contribution in [1.82, 2.24) is 19.8 Å². The van der Waals surface area contributed by atoms with Crippen LogP contribution in [0.25, 0.3) is 0 Å². The van der Waals surface area contributed by atoms with Crippen LogP contribution in [0.2, 0.25) is 0 Å². The lowest BCUT2D eigenvalue weighted by Gasteiger charge is -2.32. The predicted octanol–water partition coefficient (Wildman–Crippen LogP) is 0.801. The number of carbonyl (C=O) groups excluding carboxylic acids is 2. The molecule has 2 heterocycles. The number of benzene rings is 1. The Balaban J connectivity index is 1.62. The fourth-order valence-electron chi connectivity index (χ4n) is 3.72. The van der Waals surface area contributed by atoms with Gasteiger partial charge < -0.3 is 15.5 Å². The van der Waals surface area contributed by atoms with Crippen molar-refractivity contribution in [2.24, 2.45) is 0 Å². The van der Waals surface area contributed by atoms with E-state index in [1.165, 1.54) is 25.0 Å². The number of hydrogen-bond donors (Lipinski definition) is 2. The Hall–Kier alpha value is -1.97. The Labute approximate surface area is 172 Å². The highest BCUT2D eigenvalue weighted by Crippen LogP contribution is 2.19. The normalized spacial score (nSPS) is 19.7. The van der Waals surface area contributed by atoms with Gasteiger partial charge in [0.1, 0.15) is 0 Å². The average Bonchev–Trinajstić information content (AvgIpc) is 2.73. The molecule has 0 aromatic heterocycles. The summed E-state index contributed by atoms with van der Waals surface area (Å²) in [6, 6.07) is 6.15. The molecule has 2 fully saturated rings. The van der Waals surface area contributed by atoms with Crippen molar-refractivity contribution < 1.29 is 18.0 Å². The van der Waals surface area contributed by atoms with Gasteiger partial charge in [-0.2, -0.15) is 4.31 Å². The molecule has 0 radical (unpaired) electrons. The van der Waals surface area contributed by atoms with Gasteiger partial charge in [-0.3, -0.25) is 9.59 Å². The zero-order valence-electron chi connectivity index (χ0n) is 16.9. The van der Waals surface area contributed by atoms with Crippen molar-refractivity contribution in [2.45, 2.75) is 43.5 Å². The van der Waals surface area contributed by atoms with E-state index in [9.17, 15) is 18.0 Å². The fraction of sp³-hybridized carbons (Fsp3) is 0.600. The monoisotopic (exact) mass is 422 g/mol. The summed E-state index contributed by atoms with van der Waals surface area (Å²) in [6.45, 7) is 5.53. The molecule has 8 nitrogen and oxygen atoms in total. The summed E-state index contributed by atoms with van der Waals surface area (Å²) in [5.41, 5.74) is 0.320. The minimum atomic E-state index is -3.81. The van der Waals surface area contributed by atoms with Gasteiger partial charge in [-0.1, -0.05) is 19.4 Å². The molecule has 1 aromatic carbocycles. The molecular weight excluding hydrogens is 392 g/mol. The highest BCUT2D eigenvalue weighted by atomic mass is 32.2. The van der Waals surface area contributed by atoms with Crippen LogP contribution in [0, 0.1) is 0 Å². The van der Waals surface area contributed by atoms with E-state index in [-0.39, 0.29) is 42.4 Å². The van der Waals surface area contributed by atoms with Crippen LogP contribution in [0.3, 0.4) is 0 Å². The van der Waals surface area contributed by atoms with Gasteiger partial charge in [0.25, 0.3) is 5.91 Å². The van der Waals surface area contributed by atoms with Gasteiger partial charge in [-0.15, -0.1) is 0 Å². The zero-order valence-corrected chi connectivity index (χ0v) is 17.7. The third-order valence-corrected chi connectivity index (χ3v) is 7.33. The minimum absolute atomic E-state index is 0.0363. The summed E-state index contributed by atoms with van der Waals surface area (Å²) in [4.78, 5) is 26.7. The first-order valence-electron chi connectivity index (χ1n) is 10.3. The molecule has 2 amide bonds. The second kappa shape index (κ2) is 9.69. The number of nitrogens with one attached hydrogen (secondary N) is 2. The molecule has 2 aliphatic heterocycles. The Morgan fingerprint density at radius 1 is 1.24 bits per heavy atom. The molecule has 0 atom stereocenters. The van der Waals surface area contributed by atoms with Gasteiger partial charge in [-0.05, 0) is 44.0 Å². The Morgan fingerprint density at radius 2 is 2.00 bits per heavy atom. The SMILES string of the molecule is CCCCN1CCC(NC(=O)c2cccc(S(=O)(=O)N3CCNC(=O)C3)c2)CC1. The van der Waals surface area contributed by atoms with Crippen molar-refractivity contribution >= 4 is 21.8 Å². The van der Waals surface area contributed by atoms with Crippen LogP contribution in [0.5, 0.6) is 0 Å². The lowest BCUT2D eigenvalue weighted by atomic mass is 10.0. The Bertz CT molecular complexity index is 835. The van der Waals surface area contributed by atoms with Crippen LogP contribution in [0.4, 0.5) is 0 Å². The summed E-state index contributed by atoms with van der Waals surface area (Å²) in [7, 11) is -3.81. The first kappa shape index (κ1) is 21.7. The molecular formula is C20H30N4O4S. The van der Waals surface area contributed by atoms with Crippen molar-refractivity contribution in [3.8, 4) is 0 Å². The minimum Gasteiger partial charge on any atom is -0.354 e. The highest BCUT2D eigenvalue weighted by molar-refractivity contribution is 7.89. The quantitative estimate of drug-likeness (QED) is 0.677. The molecule has 2 N–H and O–H groups in total. The number of rotatable bonds is 7. The zero-order chi connectivity index (χ0) is 20.9. The number of sulfonamides is 1. The van der Waals surface area contributed by atoms with E-state index in [2.05, 4.69) is 22.5 Å².